The molecule has 1 aromatic carbocycles. The van der Waals surface area contributed by atoms with Crippen LogP contribution in [0.5, 0.6) is 5.88 Å². The number of hydrogen-bond acceptors (Lipinski definition) is 6. The standard InChI is InChI=1S/C24H25FN6O2/c1-15-19(8-6-16(11-26)22(15)25)20-13-28-31(24(20)33)21-9-7-17(12-27-21)23(32)30-10-4-5-18(14-30)29(2)3/h6-9,12-13,18,33H,4-5,10,14H2,1-3H3/t18-/m1/s1. The number of hydrogen-bond donors (Lipinski definition) is 1. The van der Waals surface area contributed by atoms with E-state index in [4.69, 9.17) is 5.26 Å². The molecule has 2 aromatic heterocycles. The molecule has 8 nitrogen and oxygen atoms in total. The van der Waals surface area contributed by atoms with Crippen molar-refractivity contribution in [2.45, 2.75) is 25.8 Å². The summed E-state index contributed by atoms with van der Waals surface area (Å²) >= 11 is 0. The highest BCUT2D eigenvalue weighted by Crippen LogP contribution is 2.34. The van der Waals surface area contributed by atoms with Crippen LogP contribution in [0.1, 0.15) is 34.3 Å². The second kappa shape index (κ2) is 9.00. The minimum absolute atomic E-state index is 0.0596. The highest BCUT2D eigenvalue weighted by atomic mass is 19.1. The zero-order valence-corrected chi connectivity index (χ0v) is 18.8. The summed E-state index contributed by atoms with van der Waals surface area (Å²) in [5, 5.41) is 23.9. The molecule has 4 rings (SSSR count). The van der Waals surface area contributed by atoms with Crippen LogP contribution in [0.25, 0.3) is 16.9 Å². The Morgan fingerprint density at radius 2 is 2.03 bits per heavy atom. The lowest BCUT2D eigenvalue weighted by Crippen LogP contribution is -2.47. The van der Waals surface area contributed by atoms with E-state index in [1.54, 1.807) is 31.2 Å². The number of aromatic nitrogens is 3. The molecule has 1 amide bonds. The first-order valence-corrected chi connectivity index (χ1v) is 10.7. The molecule has 1 fully saturated rings. The summed E-state index contributed by atoms with van der Waals surface area (Å²) in [6.07, 6.45) is 4.92. The van der Waals surface area contributed by atoms with Crippen molar-refractivity contribution in [1.29, 1.82) is 5.26 Å². The van der Waals surface area contributed by atoms with E-state index in [0.29, 0.717) is 41.6 Å². The maximum Gasteiger partial charge on any atom is 0.255 e. The van der Waals surface area contributed by atoms with Crippen LogP contribution in [-0.4, -0.2) is 68.8 Å². The van der Waals surface area contributed by atoms with E-state index in [-0.39, 0.29) is 22.9 Å². The minimum Gasteiger partial charge on any atom is -0.493 e. The molecule has 170 valence electrons. The molecule has 1 saturated heterocycles. The lowest BCUT2D eigenvalue weighted by atomic mass is 10.00. The van der Waals surface area contributed by atoms with E-state index in [2.05, 4.69) is 15.0 Å². The molecule has 1 atom stereocenters. The Morgan fingerprint density at radius 1 is 1.24 bits per heavy atom. The number of nitriles is 1. The quantitative estimate of drug-likeness (QED) is 0.659. The summed E-state index contributed by atoms with van der Waals surface area (Å²) < 4.78 is 15.6. The number of halogens is 1. The molecule has 9 heteroatoms. The molecule has 1 aliphatic heterocycles. The summed E-state index contributed by atoms with van der Waals surface area (Å²) in [5.41, 5.74) is 1.41. The van der Waals surface area contributed by atoms with E-state index >= 15 is 0 Å². The van der Waals surface area contributed by atoms with Crippen molar-refractivity contribution in [1.82, 2.24) is 24.6 Å². The van der Waals surface area contributed by atoms with Crippen molar-refractivity contribution in [2.24, 2.45) is 0 Å². The van der Waals surface area contributed by atoms with Gasteiger partial charge in [0.25, 0.3) is 5.91 Å². The number of aromatic hydroxyl groups is 1. The van der Waals surface area contributed by atoms with Crippen LogP contribution in [0.2, 0.25) is 0 Å². The summed E-state index contributed by atoms with van der Waals surface area (Å²) in [6.45, 7) is 2.94. The normalized spacial score (nSPS) is 16.1. The van der Waals surface area contributed by atoms with Crippen LogP contribution >= 0.6 is 0 Å². The fourth-order valence-corrected chi connectivity index (χ4v) is 4.14. The minimum atomic E-state index is -0.627. The number of benzene rings is 1. The molecule has 0 unspecified atom stereocenters. The molecule has 1 N–H and O–H groups in total. The fraction of sp³-hybridized carbons (Fsp3) is 0.333. The number of pyridine rings is 1. The Bertz CT molecular complexity index is 1230. The van der Waals surface area contributed by atoms with E-state index < -0.39 is 5.82 Å². The van der Waals surface area contributed by atoms with E-state index in [1.165, 1.54) is 23.1 Å². The van der Waals surface area contributed by atoms with Crippen LogP contribution in [-0.2, 0) is 0 Å². The van der Waals surface area contributed by atoms with Gasteiger partial charge >= 0.3 is 0 Å². The molecule has 0 saturated carbocycles. The third-order valence-electron chi connectivity index (χ3n) is 6.17. The van der Waals surface area contributed by atoms with Crippen LogP contribution in [0.4, 0.5) is 4.39 Å². The van der Waals surface area contributed by atoms with Crippen molar-refractivity contribution >= 4 is 5.91 Å². The number of piperidine rings is 1. The van der Waals surface area contributed by atoms with Crippen molar-refractivity contribution in [2.75, 3.05) is 27.2 Å². The number of carbonyl (C=O) groups excluding carboxylic acids is 1. The van der Waals surface area contributed by atoms with Crippen molar-refractivity contribution in [3.63, 3.8) is 0 Å². The predicted molar refractivity (Wildman–Crippen MR) is 120 cm³/mol. The van der Waals surface area contributed by atoms with Gasteiger partial charge in [0.15, 0.2) is 5.82 Å². The predicted octanol–water partition coefficient (Wildman–Crippen LogP) is 3.13. The molecular formula is C24H25FN6O2. The molecule has 0 bridgehead atoms. The second-order valence-corrected chi connectivity index (χ2v) is 8.42. The largest absolute Gasteiger partial charge is 0.493 e. The lowest BCUT2D eigenvalue weighted by Gasteiger charge is -2.36. The first kappa shape index (κ1) is 22.4. The molecule has 33 heavy (non-hydrogen) atoms. The van der Waals surface area contributed by atoms with Gasteiger partial charge in [-0.2, -0.15) is 15.0 Å². The Morgan fingerprint density at radius 3 is 2.70 bits per heavy atom. The third-order valence-corrected chi connectivity index (χ3v) is 6.17. The Labute approximate surface area is 191 Å². The van der Waals surface area contributed by atoms with Gasteiger partial charge in [0.2, 0.25) is 5.88 Å². The van der Waals surface area contributed by atoms with Crippen molar-refractivity contribution < 1.29 is 14.3 Å². The number of amides is 1. The average Bonchev–Trinajstić information content (AvgIpc) is 3.21. The number of likely N-dealkylation sites (N-methyl/N-ethyl adjacent to an activating group) is 1. The van der Waals surface area contributed by atoms with Gasteiger partial charge in [-0.05, 0) is 63.2 Å². The van der Waals surface area contributed by atoms with Crippen molar-refractivity contribution in [3.8, 4) is 28.9 Å². The summed E-state index contributed by atoms with van der Waals surface area (Å²) in [4.78, 5) is 21.2. The average molecular weight is 449 g/mol. The first-order valence-electron chi connectivity index (χ1n) is 10.7. The van der Waals surface area contributed by atoms with Crippen molar-refractivity contribution in [3.05, 3.63) is 59.2 Å². The Balaban J connectivity index is 1.57. The molecule has 0 radical (unpaired) electrons. The van der Waals surface area contributed by atoms with E-state index in [0.717, 1.165) is 12.8 Å². The zero-order valence-electron chi connectivity index (χ0n) is 18.8. The van der Waals surface area contributed by atoms with Gasteiger partial charge in [0.05, 0.1) is 22.9 Å². The number of rotatable bonds is 4. The summed E-state index contributed by atoms with van der Waals surface area (Å²) in [5.74, 6) is -0.586. The monoisotopic (exact) mass is 448 g/mol. The maximum absolute atomic E-state index is 14.4. The molecular weight excluding hydrogens is 423 g/mol. The Kier molecular flexibility index (Phi) is 6.11. The smallest absolute Gasteiger partial charge is 0.255 e. The Hall–Kier alpha value is -3.77. The summed E-state index contributed by atoms with van der Waals surface area (Å²) in [6, 6.07) is 8.37. The van der Waals surface area contributed by atoms with Gasteiger partial charge in [0, 0.05) is 25.3 Å². The van der Waals surface area contributed by atoms with Gasteiger partial charge in [-0.3, -0.25) is 4.79 Å². The molecule has 0 aliphatic carbocycles. The molecule has 3 heterocycles. The van der Waals surface area contributed by atoms with Crippen LogP contribution in [0.15, 0.2) is 36.7 Å². The SMILES string of the molecule is Cc1c(-c2cnn(-c3ccc(C(=O)N4CCC[C@@H](N(C)C)C4)cn3)c2O)ccc(C#N)c1F. The van der Waals surface area contributed by atoms with Gasteiger partial charge in [-0.15, -0.1) is 0 Å². The number of carbonyl (C=O) groups is 1. The lowest BCUT2D eigenvalue weighted by molar-refractivity contribution is 0.0634. The second-order valence-electron chi connectivity index (χ2n) is 8.42. The van der Waals surface area contributed by atoms with Gasteiger partial charge in [-0.25, -0.2) is 9.37 Å². The fourth-order valence-electron chi connectivity index (χ4n) is 4.14. The highest BCUT2D eigenvalue weighted by molar-refractivity contribution is 5.94. The van der Waals surface area contributed by atoms with Crippen LogP contribution in [0, 0.1) is 24.1 Å². The topological polar surface area (TPSA) is 98.3 Å². The third kappa shape index (κ3) is 4.17. The number of nitrogens with zero attached hydrogens (tertiary/aromatic N) is 6. The first-order chi connectivity index (χ1) is 15.8. The molecule has 0 spiro atoms. The van der Waals surface area contributed by atoms with Crippen LogP contribution < -0.4 is 0 Å². The highest BCUT2D eigenvalue weighted by Gasteiger charge is 2.26. The molecule has 3 aromatic rings. The van der Waals surface area contributed by atoms with E-state index in [9.17, 15) is 14.3 Å². The van der Waals surface area contributed by atoms with Gasteiger partial charge < -0.3 is 14.9 Å². The van der Waals surface area contributed by atoms with Gasteiger partial charge in [0.1, 0.15) is 11.9 Å². The van der Waals surface area contributed by atoms with E-state index in [1.807, 2.05) is 19.0 Å². The molecule has 1 aliphatic rings. The van der Waals surface area contributed by atoms with Crippen LogP contribution in [0.3, 0.4) is 0 Å². The van der Waals surface area contributed by atoms with Gasteiger partial charge in [-0.1, -0.05) is 6.07 Å². The maximum atomic E-state index is 14.4. The zero-order chi connectivity index (χ0) is 23.7. The number of likely N-dealkylation sites (tertiary alicyclic amines) is 1. The summed E-state index contributed by atoms with van der Waals surface area (Å²) in [7, 11) is 4.04.